The Kier molecular flexibility index (Phi) is 5.49. The molecule has 0 aliphatic carbocycles. The smallest absolute Gasteiger partial charge is 0.0797 e. The van der Waals surface area contributed by atoms with Crippen LogP contribution in [-0.2, 0) is 23.0 Å². The second kappa shape index (κ2) is 7.14. The van der Waals surface area contributed by atoms with Gasteiger partial charge in [-0.1, -0.05) is 38.1 Å². The molecule has 4 heteroatoms. The van der Waals surface area contributed by atoms with Gasteiger partial charge in [0.15, 0.2) is 0 Å². The largest absolute Gasteiger partial charge is 0.259 e. The van der Waals surface area contributed by atoms with Crippen LogP contribution in [0.5, 0.6) is 0 Å². The van der Waals surface area contributed by atoms with E-state index in [2.05, 4.69) is 43.1 Å². The second-order valence-electron chi connectivity index (χ2n) is 5.30. The highest BCUT2D eigenvalue weighted by atomic mass is 32.2. The highest BCUT2D eigenvalue weighted by molar-refractivity contribution is 7.84. The molecule has 1 heterocycles. The minimum absolute atomic E-state index is 0.545. The van der Waals surface area contributed by atoms with Crippen molar-refractivity contribution in [1.29, 1.82) is 0 Å². The summed E-state index contributed by atoms with van der Waals surface area (Å²) in [6, 6.07) is 8.49. The van der Waals surface area contributed by atoms with Crippen molar-refractivity contribution >= 4 is 22.1 Å². The lowest BCUT2D eigenvalue weighted by atomic mass is 10.0. The Morgan fingerprint density at radius 1 is 1.25 bits per heavy atom. The summed E-state index contributed by atoms with van der Waals surface area (Å²) < 4.78 is 12.1. The number of nitrogens with zero attached hydrogens (tertiary/aromatic N) is 1. The third-order valence-corrected chi connectivity index (χ3v) is 5.69. The van der Waals surface area contributed by atoms with Crippen LogP contribution in [0.1, 0.15) is 41.5 Å². The molecular formula is C16H21NOS2. The van der Waals surface area contributed by atoms with Gasteiger partial charge < -0.3 is 0 Å². The van der Waals surface area contributed by atoms with Crippen LogP contribution in [0, 0.1) is 6.92 Å². The number of aryl methyl sites for hydroxylation is 2. The first kappa shape index (κ1) is 15.4. The molecule has 0 radical (unpaired) electrons. The molecular weight excluding hydrogens is 286 g/mol. The molecule has 1 aromatic carbocycles. The van der Waals surface area contributed by atoms with E-state index in [4.69, 9.17) is 0 Å². The van der Waals surface area contributed by atoms with Crippen molar-refractivity contribution in [3.63, 3.8) is 0 Å². The number of aromatic nitrogens is 1. The van der Waals surface area contributed by atoms with E-state index in [0.717, 1.165) is 23.4 Å². The molecule has 0 N–H and O–H groups in total. The minimum Gasteiger partial charge on any atom is -0.259 e. The number of benzene rings is 1. The van der Waals surface area contributed by atoms with Crippen molar-refractivity contribution in [3.8, 4) is 0 Å². The lowest BCUT2D eigenvalue weighted by Gasteiger charge is -2.07. The van der Waals surface area contributed by atoms with E-state index in [1.165, 1.54) is 10.4 Å². The summed E-state index contributed by atoms with van der Waals surface area (Å²) in [5, 5.41) is 0. The van der Waals surface area contributed by atoms with E-state index >= 15 is 0 Å². The normalized spacial score (nSPS) is 12.8. The molecule has 108 valence electrons. The molecule has 1 atom stereocenters. The Hall–Kier alpha value is -1.00. The van der Waals surface area contributed by atoms with Gasteiger partial charge in [0.25, 0.3) is 0 Å². The Labute approximate surface area is 127 Å². The Bertz CT molecular complexity index is 572. The molecule has 0 spiro atoms. The van der Waals surface area contributed by atoms with Gasteiger partial charge in [0.2, 0.25) is 0 Å². The van der Waals surface area contributed by atoms with Gasteiger partial charge in [-0.05, 0) is 30.4 Å². The van der Waals surface area contributed by atoms with Gasteiger partial charge in [-0.2, -0.15) is 0 Å². The lowest BCUT2D eigenvalue weighted by molar-refractivity contribution is 0.682. The number of hydrogen-bond donors (Lipinski definition) is 0. The van der Waals surface area contributed by atoms with E-state index in [1.807, 2.05) is 12.4 Å². The molecule has 2 rings (SSSR count). The van der Waals surface area contributed by atoms with Crippen molar-refractivity contribution in [2.75, 3.05) is 5.75 Å². The zero-order chi connectivity index (χ0) is 14.5. The predicted octanol–water partition coefficient (Wildman–Crippen LogP) is 4.07. The molecule has 0 saturated carbocycles. The zero-order valence-electron chi connectivity index (χ0n) is 12.3. The molecule has 0 amide bonds. The second-order valence-corrected chi connectivity index (χ2v) is 7.81. The number of thiazole rings is 1. The molecule has 1 aromatic heterocycles. The molecule has 0 aliphatic heterocycles. The van der Waals surface area contributed by atoms with Gasteiger partial charge >= 0.3 is 0 Å². The Balaban J connectivity index is 1.86. The van der Waals surface area contributed by atoms with Gasteiger partial charge in [0.1, 0.15) is 0 Å². The zero-order valence-corrected chi connectivity index (χ0v) is 13.9. The molecule has 2 nitrogen and oxygen atoms in total. The van der Waals surface area contributed by atoms with Crippen molar-refractivity contribution in [1.82, 2.24) is 4.98 Å². The maximum absolute atomic E-state index is 12.1. The summed E-state index contributed by atoms with van der Waals surface area (Å²) >= 11 is 1.66. The molecule has 0 fully saturated rings. The van der Waals surface area contributed by atoms with Crippen LogP contribution in [0.2, 0.25) is 0 Å². The van der Waals surface area contributed by atoms with E-state index in [9.17, 15) is 4.21 Å². The highest BCUT2D eigenvalue weighted by Gasteiger charge is 2.07. The third kappa shape index (κ3) is 4.25. The maximum atomic E-state index is 12.1. The Morgan fingerprint density at radius 3 is 2.50 bits per heavy atom. The molecule has 0 bridgehead atoms. The molecule has 0 aliphatic rings. The van der Waals surface area contributed by atoms with Gasteiger partial charge in [0, 0.05) is 27.2 Å². The summed E-state index contributed by atoms with van der Waals surface area (Å²) in [6.07, 6.45) is 0.868. The van der Waals surface area contributed by atoms with Gasteiger partial charge in [-0.3, -0.25) is 4.21 Å². The fraction of sp³-hybridized carbons (Fsp3) is 0.438. The van der Waals surface area contributed by atoms with Crippen LogP contribution in [0.3, 0.4) is 0 Å². The average molecular weight is 307 g/mol. The van der Waals surface area contributed by atoms with Crippen molar-refractivity contribution < 1.29 is 4.21 Å². The first-order chi connectivity index (χ1) is 9.56. The lowest BCUT2D eigenvalue weighted by Crippen LogP contribution is -2.04. The minimum atomic E-state index is -0.802. The molecule has 2 aromatic rings. The molecule has 0 saturated heterocycles. The first-order valence-corrected chi connectivity index (χ1v) is 9.26. The summed E-state index contributed by atoms with van der Waals surface area (Å²) in [7, 11) is -0.802. The van der Waals surface area contributed by atoms with E-state index in [0.29, 0.717) is 11.7 Å². The van der Waals surface area contributed by atoms with E-state index in [1.54, 1.807) is 11.3 Å². The topological polar surface area (TPSA) is 30.0 Å². The fourth-order valence-electron chi connectivity index (χ4n) is 2.03. The summed E-state index contributed by atoms with van der Waals surface area (Å²) in [6.45, 7) is 6.38. The van der Waals surface area contributed by atoms with Gasteiger partial charge in [0.05, 0.1) is 11.2 Å². The summed E-state index contributed by atoms with van der Waals surface area (Å²) in [5.41, 5.74) is 5.43. The van der Waals surface area contributed by atoms with E-state index < -0.39 is 10.8 Å². The van der Waals surface area contributed by atoms with Gasteiger partial charge in [-0.15, -0.1) is 11.3 Å². The van der Waals surface area contributed by atoms with Crippen molar-refractivity contribution in [3.05, 3.63) is 51.5 Å². The monoisotopic (exact) mass is 307 g/mol. The quantitative estimate of drug-likeness (QED) is 0.805. The van der Waals surface area contributed by atoms with Crippen molar-refractivity contribution in [2.24, 2.45) is 0 Å². The first-order valence-electron chi connectivity index (χ1n) is 6.89. The SMILES string of the molecule is Cc1ncsc1CC[S@@](=O)Cc1ccc(C(C)C)cc1. The highest BCUT2D eigenvalue weighted by Crippen LogP contribution is 2.17. The van der Waals surface area contributed by atoms with Crippen LogP contribution >= 0.6 is 11.3 Å². The third-order valence-electron chi connectivity index (χ3n) is 3.38. The fourth-order valence-corrected chi connectivity index (χ4v) is 4.08. The molecule has 20 heavy (non-hydrogen) atoms. The van der Waals surface area contributed by atoms with Crippen molar-refractivity contribution in [2.45, 2.75) is 38.9 Å². The maximum Gasteiger partial charge on any atom is 0.0797 e. The molecule has 0 unspecified atom stereocenters. The van der Waals surface area contributed by atoms with Gasteiger partial charge in [-0.25, -0.2) is 4.98 Å². The predicted molar refractivity (Wildman–Crippen MR) is 87.8 cm³/mol. The Morgan fingerprint density at radius 2 is 1.95 bits per heavy atom. The summed E-state index contributed by atoms with van der Waals surface area (Å²) in [4.78, 5) is 5.48. The van der Waals surface area contributed by atoms with Crippen LogP contribution in [0.25, 0.3) is 0 Å². The summed E-state index contributed by atoms with van der Waals surface area (Å²) in [5.74, 6) is 1.91. The van der Waals surface area contributed by atoms with Crippen LogP contribution in [0.4, 0.5) is 0 Å². The number of rotatable bonds is 6. The van der Waals surface area contributed by atoms with Crippen LogP contribution in [-0.4, -0.2) is 14.9 Å². The van der Waals surface area contributed by atoms with Crippen LogP contribution in [0.15, 0.2) is 29.8 Å². The van der Waals surface area contributed by atoms with E-state index in [-0.39, 0.29) is 0 Å². The van der Waals surface area contributed by atoms with Crippen LogP contribution < -0.4 is 0 Å². The average Bonchev–Trinajstić information content (AvgIpc) is 2.82. The number of hydrogen-bond acceptors (Lipinski definition) is 3. The standard InChI is InChI=1S/C16H21NOS2/c1-12(2)15-6-4-14(5-7-15)10-20(18)9-8-16-13(3)17-11-19-16/h4-7,11-12H,8-10H2,1-3H3/t20-/m1/s1.